The Labute approximate surface area is 101 Å². The predicted octanol–water partition coefficient (Wildman–Crippen LogP) is 2.00. The lowest BCUT2D eigenvalue weighted by molar-refractivity contribution is 0.551. The Balaban J connectivity index is 2.83. The van der Waals surface area contributed by atoms with Crippen LogP contribution in [-0.2, 0) is 0 Å². The van der Waals surface area contributed by atoms with E-state index in [4.69, 9.17) is 11.5 Å². The van der Waals surface area contributed by atoms with E-state index in [2.05, 4.69) is 5.32 Å². The van der Waals surface area contributed by atoms with Crippen molar-refractivity contribution in [3.63, 3.8) is 0 Å². The Kier molecular flexibility index (Phi) is 14.8. The lowest BCUT2D eigenvalue weighted by Crippen LogP contribution is -2.16. The van der Waals surface area contributed by atoms with Crippen LogP contribution in [0.4, 0.5) is 0 Å². The fourth-order valence-electron chi connectivity index (χ4n) is 1.80. The van der Waals surface area contributed by atoms with Crippen molar-refractivity contribution in [2.24, 2.45) is 11.5 Å². The molecule has 16 heavy (non-hydrogen) atoms. The second-order valence-electron chi connectivity index (χ2n) is 4.51. The van der Waals surface area contributed by atoms with Crippen molar-refractivity contribution in [3.8, 4) is 0 Å². The summed E-state index contributed by atoms with van der Waals surface area (Å²) in [5.41, 5.74) is 10.9. The van der Waals surface area contributed by atoms with E-state index in [0.29, 0.717) is 0 Å². The molecular formula is C13H31N3. The molecule has 0 bridgehead atoms. The number of hydrogen-bond acceptors (Lipinski definition) is 3. The summed E-state index contributed by atoms with van der Waals surface area (Å²) in [6, 6.07) is 0. The molecule has 0 aromatic carbocycles. The normalized spacial score (nSPS) is 10.9. The van der Waals surface area contributed by atoms with Crippen LogP contribution < -0.4 is 16.8 Å². The van der Waals surface area contributed by atoms with Gasteiger partial charge in [-0.05, 0) is 51.9 Å². The summed E-state index contributed by atoms with van der Waals surface area (Å²) in [4.78, 5) is 0. The van der Waals surface area contributed by atoms with E-state index in [-0.39, 0.29) is 0 Å². The summed E-state index contributed by atoms with van der Waals surface area (Å²) in [6.45, 7) is 4.03. The lowest BCUT2D eigenvalue weighted by atomic mass is 10.1. The molecule has 3 nitrogen and oxygen atoms in total. The first-order valence-corrected chi connectivity index (χ1v) is 7.02. The van der Waals surface area contributed by atoms with Crippen molar-refractivity contribution in [2.75, 3.05) is 26.2 Å². The van der Waals surface area contributed by atoms with E-state index in [0.717, 1.165) is 19.6 Å². The van der Waals surface area contributed by atoms with Gasteiger partial charge in [0.2, 0.25) is 0 Å². The highest BCUT2D eigenvalue weighted by Crippen LogP contribution is 2.03. The zero-order valence-corrected chi connectivity index (χ0v) is 10.8. The van der Waals surface area contributed by atoms with Crippen molar-refractivity contribution in [3.05, 3.63) is 0 Å². The fourth-order valence-corrected chi connectivity index (χ4v) is 1.80. The Bertz CT molecular complexity index is 104. The van der Waals surface area contributed by atoms with Gasteiger partial charge >= 0.3 is 0 Å². The number of nitrogens with two attached hydrogens (primary N) is 2. The van der Waals surface area contributed by atoms with Gasteiger partial charge in [-0.25, -0.2) is 0 Å². The minimum absolute atomic E-state index is 0.836. The minimum atomic E-state index is 0.836. The van der Waals surface area contributed by atoms with Crippen LogP contribution in [0.1, 0.15) is 57.8 Å². The highest BCUT2D eigenvalue weighted by atomic mass is 14.8. The summed E-state index contributed by atoms with van der Waals surface area (Å²) in [7, 11) is 0. The second kappa shape index (κ2) is 14.9. The van der Waals surface area contributed by atoms with Crippen LogP contribution in [0, 0.1) is 0 Å². The van der Waals surface area contributed by atoms with Crippen LogP contribution in [0.15, 0.2) is 0 Å². The van der Waals surface area contributed by atoms with Crippen molar-refractivity contribution >= 4 is 0 Å². The van der Waals surface area contributed by atoms with Crippen LogP contribution >= 0.6 is 0 Å². The molecule has 0 aliphatic carbocycles. The molecule has 3 heteroatoms. The highest BCUT2D eigenvalue weighted by molar-refractivity contribution is 4.51. The van der Waals surface area contributed by atoms with Crippen LogP contribution in [-0.4, -0.2) is 26.2 Å². The monoisotopic (exact) mass is 229 g/mol. The molecule has 0 heterocycles. The van der Waals surface area contributed by atoms with Crippen molar-refractivity contribution in [2.45, 2.75) is 57.8 Å². The molecule has 0 radical (unpaired) electrons. The molecule has 0 aromatic rings. The van der Waals surface area contributed by atoms with E-state index in [1.807, 2.05) is 0 Å². The van der Waals surface area contributed by atoms with E-state index in [1.165, 1.54) is 64.3 Å². The number of rotatable bonds is 13. The largest absolute Gasteiger partial charge is 0.330 e. The zero-order chi connectivity index (χ0) is 11.9. The Morgan fingerprint density at radius 3 is 1.38 bits per heavy atom. The average Bonchev–Trinajstić information content (AvgIpc) is 2.31. The Morgan fingerprint density at radius 1 is 0.500 bits per heavy atom. The molecule has 0 rings (SSSR count). The van der Waals surface area contributed by atoms with Gasteiger partial charge in [0.05, 0.1) is 0 Å². The summed E-state index contributed by atoms with van der Waals surface area (Å²) in [6.07, 6.45) is 11.6. The van der Waals surface area contributed by atoms with Crippen molar-refractivity contribution in [1.29, 1.82) is 0 Å². The van der Waals surface area contributed by atoms with Gasteiger partial charge in [0, 0.05) is 0 Å². The Hall–Kier alpha value is -0.120. The molecular weight excluding hydrogens is 198 g/mol. The lowest BCUT2D eigenvalue weighted by Gasteiger charge is -2.04. The maximum atomic E-state index is 5.44. The van der Waals surface area contributed by atoms with Crippen molar-refractivity contribution in [1.82, 2.24) is 5.32 Å². The molecule has 0 atom stereocenters. The minimum Gasteiger partial charge on any atom is -0.330 e. The SMILES string of the molecule is NCCCCCCCCNCCCCCN. The van der Waals surface area contributed by atoms with Crippen LogP contribution in [0.5, 0.6) is 0 Å². The quantitative estimate of drug-likeness (QED) is 0.423. The fraction of sp³-hybridized carbons (Fsp3) is 1.00. The molecule has 0 unspecified atom stereocenters. The number of nitrogens with one attached hydrogen (secondary N) is 1. The average molecular weight is 229 g/mol. The third-order valence-electron chi connectivity index (χ3n) is 2.87. The second-order valence-corrected chi connectivity index (χ2v) is 4.51. The standard InChI is InChI=1S/C13H31N3/c14-10-6-3-1-2-4-8-12-16-13-9-5-7-11-15/h16H,1-15H2. The zero-order valence-electron chi connectivity index (χ0n) is 10.8. The Morgan fingerprint density at radius 2 is 0.875 bits per heavy atom. The van der Waals surface area contributed by atoms with Crippen LogP contribution in [0.3, 0.4) is 0 Å². The van der Waals surface area contributed by atoms with Gasteiger partial charge in [-0.3, -0.25) is 0 Å². The summed E-state index contributed by atoms with van der Waals surface area (Å²) < 4.78 is 0. The van der Waals surface area contributed by atoms with Gasteiger partial charge in [0.25, 0.3) is 0 Å². The molecule has 98 valence electrons. The predicted molar refractivity (Wildman–Crippen MR) is 72.5 cm³/mol. The van der Waals surface area contributed by atoms with Gasteiger partial charge in [-0.1, -0.05) is 32.1 Å². The van der Waals surface area contributed by atoms with Crippen LogP contribution in [0.2, 0.25) is 0 Å². The van der Waals surface area contributed by atoms with E-state index in [1.54, 1.807) is 0 Å². The molecule has 0 amide bonds. The first-order valence-electron chi connectivity index (χ1n) is 7.02. The highest BCUT2D eigenvalue weighted by Gasteiger charge is 1.91. The summed E-state index contributed by atoms with van der Waals surface area (Å²) >= 11 is 0. The molecule has 0 aromatic heterocycles. The smallest absolute Gasteiger partial charge is 0.00489 e. The van der Waals surface area contributed by atoms with Gasteiger partial charge in [0.15, 0.2) is 0 Å². The molecule has 0 saturated heterocycles. The molecule has 5 N–H and O–H groups in total. The maximum Gasteiger partial charge on any atom is -0.00489 e. The summed E-state index contributed by atoms with van der Waals surface area (Å²) in [5, 5.41) is 3.49. The van der Waals surface area contributed by atoms with Gasteiger partial charge in [-0.2, -0.15) is 0 Å². The van der Waals surface area contributed by atoms with Gasteiger partial charge < -0.3 is 16.8 Å². The third kappa shape index (κ3) is 13.9. The maximum absolute atomic E-state index is 5.44. The molecule has 0 aliphatic rings. The molecule has 0 fully saturated rings. The first-order chi connectivity index (χ1) is 7.91. The van der Waals surface area contributed by atoms with Crippen molar-refractivity contribution < 1.29 is 0 Å². The van der Waals surface area contributed by atoms with Gasteiger partial charge in [-0.15, -0.1) is 0 Å². The third-order valence-corrected chi connectivity index (χ3v) is 2.87. The molecule has 0 aliphatic heterocycles. The summed E-state index contributed by atoms with van der Waals surface area (Å²) in [5.74, 6) is 0. The van der Waals surface area contributed by atoms with Gasteiger partial charge in [0.1, 0.15) is 0 Å². The topological polar surface area (TPSA) is 64.1 Å². The first kappa shape index (κ1) is 15.9. The van der Waals surface area contributed by atoms with E-state index in [9.17, 15) is 0 Å². The molecule has 0 spiro atoms. The number of unbranched alkanes of at least 4 members (excludes halogenated alkanes) is 7. The molecule has 0 saturated carbocycles. The van der Waals surface area contributed by atoms with E-state index < -0.39 is 0 Å². The van der Waals surface area contributed by atoms with Crippen LogP contribution in [0.25, 0.3) is 0 Å². The number of hydrogen-bond donors (Lipinski definition) is 3. The van der Waals surface area contributed by atoms with E-state index >= 15 is 0 Å².